The maximum atomic E-state index is 13.1. The van der Waals surface area contributed by atoms with Crippen molar-refractivity contribution >= 4 is 34.4 Å². The second kappa shape index (κ2) is 7.66. The Bertz CT molecular complexity index is 1030. The molecule has 0 fully saturated rings. The Morgan fingerprint density at radius 3 is 2.54 bits per heavy atom. The fraction of sp³-hybridized carbons (Fsp3) is 0.0952. The van der Waals surface area contributed by atoms with E-state index in [1.54, 1.807) is 49.8 Å². The van der Waals surface area contributed by atoms with Crippen molar-refractivity contribution in [1.29, 1.82) is 0 Å². The number of benzene rings is 1. The number of pyridine rings is 1. The van der Waals surface area contributed by atoms with Gasteiger partial charge in [0.1, 0.15) is 11.4 Å². The summed E-state index contributed by atoms with van der Waals surface area (Å²) >= 11 is 1.42. The van der Waals surface area contributed by atoms with Crippen LogP contribution in [0.2, 0.25) is 0 Å². The van der Waals surface area contributed by atoms with E-state index in [4.69, 9.17) is 4.74 Å². The quantitative estimate of drug-likeness (QED) is 0.651. The second-order valence-corrected chi connectivity index (χ2v) is 7.09. The third kappa shape index (κ3) is 3.39. The number of amides is 2. The highest BCUT2D eigenvalue weighted by atomic mass is 32.1. The van der Waals surface area contributed by atoms with Crippen molar-refractivity contribution in [2.75, 3.05) is 12.4 Å². The molecule has 0 radical (unpaired) electrons. The van der Waals surface area contributed by atoms with Crippen LogP contribution in [0.4, 0.5) is 5.69 Å². The molecule has 2 aromatic heterocycles. The number of carbonyl (C=O) groups is 2. The van der Waals surface area contributed by atoms with Gasteiger partial charge in [-0.3, -0.25) is 19.5 Å². The van der Waals surface area contributed by atoms with Gasteiger partial charge < -0.3 is 10.1 Å². The third-order valence-corrected chi connectivity index (χ3v) is 5.25. The summed E-state index contributed by atoms with van der Waals surface area (Å²) in [5.74, 6) is 0.0467. The number of hydrogen-bond acceptors (Lipinski definition) is 6. The van der Waals surface area contributed by atoms with Crippen molar-refractivity contribution in [3.8, 4) is 5.75 Å². The molecule has 1 aliphatic rings. The van der Waals surface area contributed by atoms with Crippen molar-refractivity contribution in [3.05, 3.63) is 82.4 Å². The van der Waals surface area contributed by atoms with Crippen LogP contribution in [0, 0.1) is 0 Å². The number of nitrogens with zero attached hydrogens (tertiary/aromatic N) is 2. The Hall–Kier alpha value is -3.45. The van der Waals surface area contributed by atoms with E-state index >= 15 is 0 Å². The summed E-state index contributed by atoms with van der Waals surface area (Å²) in [6, 6.07) is 14.5. The smallest absolute Gasteiger partial charge is 0.278 e. The van der Waals surface area contributed by atoms with E-state index in [1.807, 2.05) is 23.6 Å². The lowest BCUT2D eigenvalue weighted by Gasteiger charge is -2.15. The molecule has 1 aliphatic heterocycles. The minimum atomic E-state index is -0.354. The Kier molecular flexibility index (Phi) is 4.90. The van der Waals surface area contributed by atoms with E-state index in [-0.39, 0.29) is 24.1 Å². The standard InChI is InChI=1S/C21H17N3O3S/c1-27-16-8-6-15(7-9-16)23-19-18(17-5-3-11-28-17)20(25)24(21(19)26)13-14-4-2-10-22-12-14/h2-12,23H,13H2,1H3. The van der Waals surface area contributed by atoms with Gasteiger partial charge in [-0.2, -0.15) is 0 Å². The fourth-order valence-electron chi connectivity index (χ4n) is 2.98. The van der Waals surface area contributed by atoms with Gasteiger partial charge >= 0.3 is 0 Å². The summed E-state index contributed by atoms with van der Waals surface area (Å²) in [6.45, 7) is 0.175. The first-order valence-electron chi connectivity index (χ1n) is 8.61. The molecule has 0 spiro atoms. The topological polar surface area (TPSA) is 71.5 Å². The monoisotopic (exact) mass is 391 g/mol. The molecule has 0 bridgehead atoms. The molecule has 0 saturated carbocycles. The average molecular weight is 391 g/mol. The molecule has 3 heterocycles. The average Bonchev–Trinajstić information content (AvgIpc) is 3.33. The van der Waals surface area contributed by atoms with Gasteiger partial charge in [0.15, 0.2) is 0 Å². The van der Waals surface area contributed by atoms with E-state index in [0.29, 0.717) is 17.0 Å². The third-order valence-electron chi connectivity index (χ3n) is 4.36. The van der Waals surface area contributed by atoms with Crippen molar-refractivity contribution in [3.63, 3.8) is 0 Å². The van der Waals surface area contributed by atoms with Crippen LogP contribution in [0.15, 0.2) is 72.0 Å². The van der Waals surface area contributed by atoms with E-state index in [0.717, 1.165) is 10.4 Å². The molecule has 6 nitrogen and oxygen atoms in total. The predicted octanol–water partition coefficient (Wildman–Crippen LogP) is 3.54. The molecule has 4 rings (SSSR count). The molecule has 1 N–H and O–H groups in total. The molecular weight excluding hydrogens is 374 g/mol. The highest BCUT2D eigenvalue weighted by Crippen LogP contribution is 2.33. The molecule has 2 amide bonds. The number of aromatic nitrogens is 1. The van der Waals surface area contributed by atoms with Crippen LogP contribution in [-0.2, 0) is 16.1 Å². The van der Waals surface area contributed by atoms with Crippen LogP contribution in [0.3, 0.4) is 0 Å². The SMILES string of the molecule is COc1ccc(NC2=C(c3cccs3)C(=O)N(Cc3cccnc3)C2=O)cc1. The number of rotatable bonds is 6. The van der Waals surface area contributed by atoms with Crippen LogP contribution >= 0.6 is 11.3 Å². The van der Waals surface area contributed by atoms with Crippen molar-refractivity contribution in [1.82, 2.24) is 9.88 Å². The zero-order valence-corrected chi connectivity index (χ0v) is 15.9. The van der Waals surface area contributed by atoms with Gasteiger partial charge in [-0.05, 0) is 47.3 Å². The number of imide groups is 1. The lowest BCUT2D eigenvalue weighted by molar-refractivity contribution is -0.137. The van der Waals surface area contributed by atoms with Crippen LogP contribution < -0.4 is 10.1 Å². The highest BCUT2D eigenvalue weighted by Gasteiger charge is 2.39. The molecular formula is C21H17N3O3S. The van der Waals surface area contributed by atoms with E-state index < -0.39 is 0 Å². The van der Waals surface area contributed by atoms with Gasteiger partial charge in [0.25, 0.3) is 11.8 Å². The minimum Gasteiger partial charge on any atom is -0.497 e. The molecule has 140 valence electrons. The van der Waals surface area contributed by atoms with Gasteiger partial charge in [0.05, 0.1) is 19.2 Å². The highest BCUT2D eigenvalue weighted by molar-refractivity contribution is 7.11. The lowest BCUT2D eigenvalue weighted by Crippen LogP contribution is -2.32. The Labute approximate surface area is 166 Å². The van der Waals surface area contributed by atoms with Crippen molar-refractivity contribution in [2.24, 2.45) is 0 Å². The van der Waals surface area contributed by atoms with Crippen LogP contribution in [0.25, 0.3) is 5.57 Å². The molecule has 0 saturated heterocycles. The van der Waals surface area contributed by atoms with Gasteiger partial charge in [-0.25, -0.2) is 0 Å². The number of hydrogen-bond donors (Lipinski definition) is 1. The van der Waals surface area contributed by atoms with E-state index in [9.17, 15) is 9.59 Å². The number of nitrogens with one attached hydrogen (secondary N) is 1. The molecule has 7 heteroatoms. The first-order chi connectivity index (χ1) is 13.7. The predicted molar refractivity (Wildman–Crippen MR) is 108 cm³/mol. The normalized spacial score (nSPS) is 14.0. The summed E-state index contributed by atoms with van der Waals surface area (Å²) in [4.78, 5) is 32.3. The maximum absolute atomic E-state index is 13.1. The van der Waals surface area contributed by atoms with Gasteiger partial charge in [0.2, 0.25) is 0 Å². The van der Waals surface area contributed by atoms with E-state index in [2.05, 4.69) is 10.3 Å². The molecule has 0 atom stereocenters. The molecule has 28 heavy (non-hydrogen) atoms. The Morgan fingerprint density at radius 2 is 1.89 bits per heavy atom. The summed E-state index contributed by atoms with van der Waals surface area (Å²) in [6.07, 6.45) is 3.31. The van der Waals surface area contributed by atoms with Crippen LogP contribution in [-0.4, -0.2) is 28.8 Å². The molecule has 0 aliphatic carbocycles. The Morgan fingerprint density at radius 1 is 1.07 bits per heavy atom. The first-order valence-corrected chi connectivity index (χ1v) is 9.49. The number of thiophene rings is 1. The maximum Gasteiger partial charge on any atom is 0.278 e. The fourth-order valence-corrected chi connectivity index (χ4v) is 3.75. The largest absolute Gasteiger partial charge is 0.497 e. The zero-order chi connectivity index (χ0) is 19.5. The summed E-state index contributed by atoms with van der Waals surface area (Å²) in [7, 11) is 1.59. The number of ether oxygens (including phenoxy) is 1. The van der Waals surface area contributed by atoms with Crippen molar-refractivity contribution < 1.29 is 14.3 Å². The number of carbonyl (C=O) groups excluding carboxylic acids is 2. The second-order valence-electron chi connectivity index (χ2n) is 6.14. The molecule has 0 unspecified atom stereocenters. The van der Waals surface area contributed by atoms with Gasteiger partial charge in [0, 0.05) is 23.0 Å². The molecule has 3 aromatic rings. The van der Waals surface area contributed by atoms with E-state index in [1.165, 1.54) is 16.2 Å². The summed E-state index contributed by atoms with van der Waals surface area (Å²) < 4.78 is 5.17. The van der Waals surface area contributed by atoms with Crippen molar-refractivity contribution in [2.45, 2.75) is 6.54 Å². The Balaban J connectivity index is 1.68. The van der Waals surface area contributed by atoms with Gasteiger partial charge in [-0.1, -0.05) is 12.1 Å². The summed E-state index contributed by atoms with van der Waals surface area (Å²) in [5, 5.41) is 5.01. The number of methoxy groups -OCH3 is 1. The number of anilines is 1. The minimum absolute atomic E-state index is 0.175. The van der Waals surface area contributed by atoms with Crippen LogP contribution in [0.1, 0.15) is 10.4 Å². The summed E-state index contributed by atoms with van der Waals surface area (Å²) in [5.41, 5.74) is 2.16. The molecule has 1 aromatic carbocycles. The lowest BCUT2D eigenvalue weighted by atomic mass is 10.2. The van der Waals surface area contributed by atoms with Gasteiger partial charge in [-0.15, -0.1) is 11.3 Å². The van der Waals surface area contributed by atoms with Crippen LogP contribution in [0.5, 0.6) is 5.75 Å². The first kappa shape index (κ1) is 17.9. The zero-order valence-electron chi connectivity index (χ0n) is 15.1.